The number of unbranched alkanes of at least 4 members (excludes halogenated alkanes) is 8. The summed E-state index contributed by atoms with van der Waals surface area (Å²) in [6, 6.07) is 25.3. The summed E-state index contributed by atoms with van der Waals surface area (Å²) in [5, 5.41) is 36.6. The Hall–Kier alpha value is -8.92. The van der Waals surface area contributed by atoms with E-state index in [0.29, 0.717) is 25.7 Å². The lowest BCUT2D eigenvalue weighted by Gasteiger charge is -2.07. The first kappa shape index (κ1) is 55.8. The Labute approximate surface area is 464 Å². The molecule has 9 rings (SSSR count). The molecule has 0 saturated heterocycles. The van der Waals surface area contributed by atoms with Crippen molar-refractivity contribution in [2.75, 3.05) is 0 Å². The topological polar surface area (TPSA) is 222 Å². The number of rotatable bonds is 28. The van der Waals surface area contributed by atoms with Crippen molar-refractivity contribution in [2.24, 2.45) is 0 Å². The normalized spacial score (nSPS) is 11.8. The first-order chi connectivity index (χ1) is 38.9. The molecule has 2 aliphatic rings. The van der Waals surface area contributed by atoms with Crippen LogP contribution >= 0.6 is 0 Å². The van der Waals surface area contributed by atoms with Crippen molar-refractivity contribution in [3.63, 3.8) is 0 Å². The third-order valence-corrected chi connectivity index (χ3v) is 14.7. The molecule has 0 aromatic carbocycles. The summed E-state index contributed by atoms with van der Waals surface area (Å²) in [6.07, 6.45) is 34.8. The Morgan fingerprint density at radius 1 is 0.312 bits per heavy atom. The molecule has 7 aromatic rings. The smallest absolute Gasteiger partial charge is 0.303 e. The van der Waals surface area contributed by atoms with Crippen molar-refractivity contribution in [3.8, 4) is 44.5 Å². The van der Waals surface area contributed by atoms with Gasteiger partial charge in [0.15, 0.2) is 49.6 Å². The van der Waals surface area contributed by atoms with Crippen molar-refractivity contribution in [1.82, 2.24) is 19.9 Å². The fourth-order valence-electron chi connectivity index (χ4n) is 10.5. The van der Waals surface area contributed by atoms with Gasteiger partial charge < -0.3 is 30.4 Å². The average Bonchev–Trinajstić information content (AvgIpc) is 4.36. The number of aryl methyl sites for hydroxylation is 4. The maximum absolute atomic E-state index is 11.1. The van der Waals surface area contributed by atoms with Crippen LogP contribution in [0, 0.1) is 0 Å². The van der Waals surface area contributed by atoms with Crippen molar-refractivity contribution >= 4 is 70.2 Å². The third kappa shape index (κ3) is 14.8. The van der Waals surface area contributed by atoms with Gasteiger partial charge >= 0.3 is 23.9 Å². The largest absolute Gasteiger partial charge is 0.481 e. The zero-order valence-electron chi connectivity index (χ0n) is 45.1. The van der Waals surface area contributed by atoms with Gasteiger partial charge in [0.2, 0.25) is 0 Å². The number of carboxylic acids is 4. The predicted octanol–water partition coefficient (Wildman–Crippen LogP) is 11.1. The van der Waals surface area contributed by atoms with Crippen LogP contribution in [0.1, 0.15) is 126 Å². The molecule has 6 N–H and O–H groups in total. The predicted molar refractivity (Wildman–Crippen MR) is 306 cm³/mol. The number of carboxylic acid groups (broad SMARTS) is 4. The Morgan fingerprint density at radius 3 is 0.725 bits per heavy atom. The number of carbonyl (C=O) groups is 4. The number of hydrogen-bond acceptors (Lipinski definition) is 6. The zero-order valence-corrected chi connectivity index (χ0v) is 45.1. The molecule has 0 unspecified atom stereocenters. The van der Waals surface area contributed by atoms with E-state index >= 15 is 0 Å². The minimum atomic E-state index is -0.774. The lowest BCUT2D eigenvalue weighted by molar-refractivity contribution is -0.697. The summed E-state index contributed by atoms with van der Waals surface area (Å²) >= 11 is 0. The van der Waals surface area contributed by atoms with Crippen LogP contribution in [-0.4, -0.2) is 64.2 Å². The van der Waals surface area contributed by atoms with Crippen LogP contribution in [-0.2, 0) is 45.4 Å². The molecule has 9 heterocycles. The van der Waals surface area contributed by atoms with Gasteiger partial charge in [-0.25, -0.2) is 28.2 Å². The number of aromatic amines is 2. The second-order valence-electron chi connectivity index (χ2n) is 20.6. The highest BCUT2D eigenvalue weighted by atomic mass is 16.4. The fraction of sp³-hybridized carbons (Fsp3) is 0.312. The van der Waals surface area contributed by atoms with Crippen molar-refractivity contribution in [3.05, 3.63) is 145 Å². The second-order valence-corrected chi connectivity index (χ2v) is 20.6. The van der Waals surface area contributed by atoms with E-state index in [9.17, 15) is 19.2 Å². The number of nitrogens with zero attached hydrogens (tertiary/aromatic N) is 6. The van der Waals surface area contributed by atoms with E-state index in [0.717, 1.165) is 167 Å². The molecule has 7 aromatic heterocycles. The maximum Gasteiger partial charge on any atom is 0.303 e. The molecule has 0 amide bonds. The summed E-state index contributed by atoms with van der Waals surface area (Å²) in [4.78, 5) is 63.2. The number of fused-ring (bicyclic) bond motifs is 8. The lowest BCUT2D eigenvalue weighted by Crippen LogP contribution is -2.32. The van der Waals surface area contributed by atoms with Gasteiger partial charge in [-0.3, -0.25) is 19.2 Å². The molecule has 0 saturated carbocycles. The van der Waals surface area contributed by atoms with Gasteiger partial charge in [-0.05, 0) is 122 Å². The summed E-state index contributed by atoms with van der Waals surface area (Å²) < 4.78 is 8.52. The van der Waals surface area contributed by atoms with Crippen LogP contribution < -0.4 is 18.3 Å². The van der Waals surface area contributed by atoms with Crippen LogP contribution in [0.15, 0.2) is 122 Å². The maximum atomic E-state index is 11.1. The van der Waals surface area contributed by atoms with Gasteiger partial charge in [0, 0.05) is 144 Å². The molecule has 0 spiro atoms. The third-order valence-electron chi connectivity index (χ3n) is 14.7. The molecule has 0 fully saturated rings. The highest BCUT2D eigenvalue weighted by Gasteiger charge is 2.21. The summed E-state index contributed by atoms with van der Waals surface area (Å²) in [5.74, 6) is -3.10. The lowest BCUT2D eigenvalue weighted by atomic mass is 10.0. The highest BCUT2D eigenvalue weighted by Crippen LogP contribution is 2.38. The number of nitrogens with one attached hydrogen (secondary N) is 2. The Kier molecular flexibility index (Phi) is 18.9. The van der Waals surface area contributed by atoms with Gasteiger partial charge in [0.1, 0.15) is 26.2 Å². The van der Waals surface area contributed by atoms with Crippen LogP contribution in [0.3, 0.4) is 0 Å². The molecule has 80 heavy (non-hydrogen) atoms. The molecule has 8 bridgehead atoms. The molecular weight excluding hydrogens is 1010 g/mol. The molecule has 16 nitrogen and oxygen atoms in total. The van der Waals surface area contributed by atoms with Crippen LogP contribution in [0.2, 0.25) is 0 Å². The monoisotopic (exact) mass is 1080 g/mol. The van der Waals surface area contributed by atoms with Gasteiger partial charge in [-0.2, -0.15) is 0 Å². The summed E-state index contributed by atoms with van der Waals surface area (Å²) in [5.41, 5.74) is 14.0. The van der Waals surface area contributed by atoms with Gasteiger partial charge in [-0.15, -0.1) is 0 Å². The van der Waals surface area contributed by atoms with Crippen molar-refractivity contribution in [1.29, 1.82) is 0 Å². The van der Waals surface area contributed by atoms with Gasteiger partial charge in [-0.1, -0.05) is 0 Å². The number of aromatic nitrogens is 8. The molecule has 16 heteroatoms. The van der Waals surface area contributed by atoms with Crippen LogP contribution in [0.5, 0.6) is 0 Å². The van der Waals surface area contributed by atoms with Crippen molar-refractivity contribution < 1.29 is 57.9 Å². The van der Waals surface area contributed by atoms with E-state index < -0.39 is 23.9 Å². The van der Waals surface area contributed by atoms with E-state index in [-0.39, 0.29) is 25.7 Å². The molecule has 0 radical (unpaired) electrons. The zero-order chi connectivity index (χ0) is 55.8. The number of hydrogen-bond donors (Lipinski definition) is 6. The average molecular weight is 1080 g/mol. The first-order valence-corrected chi connectivity index (χ1v) is 28.0. The van der Waals surface area contributed by atoms with E-state index in [4.69, 9.17) is 30.4 Å². The number of aliphatic carboxylic acids is 4. The highest BCUT2D eigenvalue weighted by molar-refractivity contribution is 5.99. The van der Waals surface area contributed by atoms with E-state index in [1.807, 2.05) is 0 Å². The Bertz CT molecular complexity index is 3100. The van der Waals surface area contributed by atoms with Crippen molar-refractivity contribution in [2.45, 2.75) is 129 Å². The fourth-order valence-corrected chi connectivity index (χ4v) is 10.5. The van der Waals surface area contributed by atoms with Crippen LogP contribution in [0.4, 0.5) is 0 Å². The number of H-pyrrole nitrogens is 2. The summed E-state index contributed by atoms with van der Waals surface area (Å²) in [6.45, 7) is 3.03. The molecule has 0 atom stereocenters. The standard InChI is InChI=1S/C64H66N8O8/c73-57(74)13-5-1-9-33-69-37-25-45(26-38-69)61-49-17-19-51(65-49)62(46-27-39-70(40-28-46)34-10-2-6-14-58(75)76)53-21-23-55(67-53)64(48-31-43-72(44-32-48)36-12-4-8-16-60(79)80)56-24-22-54(68-56)63(52-20-18-50(61)66-52)47-29-41-71(42-30-47)35-11-3-7-15-59(77)78/h17-32,37-44H,1-16,33-36H2,(H2-3,65,66,67,68,73,74,75,76,77,78,79,80)/p+4. The molecular formula is C64H70N8O8+4. The summed E-state index contributed by atoms with van der Waals surface area (Å²) in [7, 11) is 0. The Balaban J connectivity index is 1.21. The number of pyridine rings is 4. The van der Waals surface area contributed by atoms with E-state index in [1.54, 1.807) is 0 Å². The van der Waals surface area contributed by atoms with E-state index in [1.165, 1.54) is 0 Å². The minimum Gasteiger partial charge on any atom is -0.481 e. The SMILES string of the molecule is O=C(O)CCCCC[n+]1ccc(-c2c3nc(c(-c4cc[n+](CCCCCC(=O)O)cc4)c4ccc([nH]4)c(-c4cc[n+](CCCCCC(=O)O)cc4)c4nc(c(-c5cc[n+](CCCCCC(=O)O)cc5)c5ccc2[nH]5)C=C4)C=C3)cc1. The van der Waals surface area contributed by atoms with Gasteiger partial charge in [0.05, 0.1) is 22.8 Å². The molecule has 410 valence electrons. The van der Waals surface area contributed by atoms with Crippen LogP contribution in [0.25, 0.3) is 90.9 Å². The second kappa shape index (κ2) is 27.1. The molecule has 0 aliphatic carbocycles. The Morgan fingerprint density at radius 2 is 0.525 bits per heavy atom. The molecule has 2 aliphatic heterocycles. The quantitative estimate of drug-likeness (QED) is 0.0201. The minimum absolute atomic E-state index is 0.166. The van der Waals surface area contributed by atoms with E-state index in [2.05, 4.69) is 175 Å². The first-order valence-electron chi connectivity index (χ1n) is 28.0. The van der Waals surface area contributed by atoms with Gasteiger partial charge in [0.25, 0.3) is 0 Å².